The van der Waals surface area contributed by atoms with Crippen LogP contribution in [0.2, 0.25) is 0 Å². The number of hydrogen-bond acceptors (Lipinski definition) is 3. The van der Waals surface area contributed by atoms with E-state index in [1.54, 1.807) is 0 Å². The van der Waals surface area contributed by atoms with Gasteiger partial charge in [0.05, 0.1) is 6.61 Å². The van der Waals surface area contributed by atoms with Gasteiger partial charge in [-0.25, -0.2) is 0 Å². The van der Waals surface area contributed by atoms with Crippen molar-refractivity contribution < 1.29 is 4.74 Å². The Morgan fingerprint density at radius 3 is 1.21 bits per heavy atom. The lowest BCUT2D eigenvalue weighted by atomic mass is 9.80. The average Bonchev–Trinajstić information content (AvgIpc) is 2.89. The average molecular weight is 617 g/mol. The molecule has 0 saturated carbocycles. The molecule has 0 spiro atoms. The zero-order chi connectivity index (χ0) is 31.7. The SMILES string of the molecule is CCCOc1c2cc(C(C)(C)C)cc1CSCc1cc(C(C)(C)C)cc(c1C)Cc1cc(C(C)(C)C)cc(c1C)CSC2. The Kier molecular flexibility index (Phi) is 10.5. The molecule has 234 valence electrons. The zero-order valence-corrected chi connectivity index (χ0v) is 30.8. The molecule has 3 heteroatoms. The second kappa shape index (κ2) is 13.3. The molecular formula is C40H56OS2. The molecule has 1 heterocycles. The van der Waals surface area contributed by atoms with E-state index in [9.17, 15) is 0 Å². The molecule has 0 unspecified atom stereocenters. The van der Waals surface area contributed by atoms with Crippen molar-refractivity contribution in [3.8, 4) is 5.75 Å². The van der Waals surface area contributed by atoms with Crippen LogP contribution in [0.5, 0.6) is 5.75 Å². The zero-order valence-electron chi connectivity index (χ0n) is 29.1. The van der Waals surface area contributed by atoms with Gasteiger partial charge in [-0.2, -0.15) is 23.5 Å². The number of fused-ring (bicyclic) bond motifs is 6. The quantitative estimate of drug-likeness (QED) is 0.290. The summed E-state index contributed by atoms with van der Waals surface area (Å²) >= 11 is 4.07. The Hall–Kier alpha value is -1.84. The number of rotatable bonds is 3. The highest BCUT2D eigenvalue weighted by Crippen LogP contribution is 2.39. The predicted octanol–water partition coefficient (Wildman–Crippen LogP) is 11.8. The third-order valence-electron chi connectivity index (χ3n) is 8.95. The molecule has 43 heavy (non-hydrogen) atoms. The summed E-state index contributed by atoms with van der Waals surface area (Å²) < 4.78 is 6.57. The minimum Gasteiger partial charge on any atom is -0.493 e. The first-order valence-electron chi connectivity index (χ1n) is 16.2. The minimum atomic E-state index is 0.0853. The Morgan fingerprint density at radius 1 is 0.535 bits per heavy atom. The molecular weight excluding hydrogens is 561 g/mol. The molecule has 3 aromatic carbocycles. The van der Waals surface area contributed by atoms with Gasteiger partial charge in [-0.05, 0) is 93.0 Å². The molecule has 0 atom stereocenters. The van der Waals surface area contributed by atoms with Crippen molar-refractivity contribution in [1.82, 2.24) is 0 Å². The fourth-order valence-electron chi connectivity index (χ4n) is 5.75. The minimum absolute atomic E-state index is 0.0853. The molecule has 1 aliphatic rings. The van der Waals surface area contributed by atoms with Crippen molar-refractivity contribution in [3.63, 3.8) is 0 Å². The van der Waals surface area contributed by atoms with E-state index in [-0.39, 0.29) is 16.2 Å². The van der Waals surface area contributed by atoms with Crippen molar-refractivity contribution >= 4 is 23.5 Å². The van der Waals surface area contributed by atoms with Gasteiger partial charge in [-0.15, -0.1) is 0 Å². The maximum absolute atomic E-state index is 6.57. The van der Waals surface area contributed by atoms with Crippen LogP contribution in [-0.2, 0) is 45.7 Å². The van der Waals surface area contributed by atoms with Crippen molar-refractivity contribution in [1.29, 1.82) is 0 Å². The standard InChI is InChI=1S/C40H56OS2/c1-13-14-41-37-32-20-36(40(10,11)12)21-33(37)25-43-23-31-19-35(39(7,8)9)17-29(27(31)3)15-28-16-34(38(4,5)6)18-30(26(28)2)22-42-24-32/h16-21H,13-15,22-25H2,1-12H3. The summed E-state index contributed by atoms with van der Waals surface area (Å²) in [5, 5.41) is 0. The monoisotopic (exact) mass is 616 g/mol. The van der Waals surface area contributed by atoms with Crippen LogP contribution in [0.3, 0.4) is 0 Å². The van der Waals surface area contributed by atoms with E-state index in [1.807, 2.05) is 23.5 Å². The van der Waals surface area contributed by atoms with Gasteiger partial charge < -0.3 is 4.74 Å². The van der Waals surface area contributed by atoms with E-state index in [0.717, 1.165) is 48.2 Å². The summed E-state index contributed by atoms with van der Waals surface area (Å²) in [5.41, 5.74) is 16.1. The third-order valence-corrected chi connectivity index (χ3v) is 11.0. The summed E-state index contributed by atoms with van der Waals surface area (Å²) in [7, 11) is 0. The van der Waals surface area contributed by atoms with Crippen molar-refractivity contribution in [2.24, 2.45) is 0 Å². The van der Waals surface area contributed by atoms with E-state index < -0.39 is 0 Å². The fourth-order valence-corrected chi connectivity index (χ4v) is 7.86. The van der Waals surface area contributed by atoms with E-state index in [1.165, 1.54) is 61.2 Å². The van der Waals surface area contributed by atoms with Gasteiger partial charge in [0, 0.05) is 34.1 Å². The molecule has 1 nitrogen and oxygen atoms in total. The highest BCUT2D eigenvalue weighted by atomic mass is 32.2. The number of hydrogen-bond donors (Lipinski definition) is 0. The molecule has 0 aromatic heterocycles. The molecule has 0 radical (unpaired) electrons. The van der Waals surface area contributed by atoms with Gasteiger partial charge in [0.1, 0.15) is 5.75 Å². The molecule has 1 aliphatic heterocycles. The van der Waals surface area contributed by atoms with Crippen molar-refractivity contribution in [2.45, 2.75) is 135 Å². The largest absolute Gasteiger partial charge is 0.493 e. The van der Waals surface area contributed by atoms with E-state index >= 15 is 0 Å². The Bertz CT molecular complexity index is 1350. The normalized spacial score (nSPS) is 15.0. The van der Waals surface area contributed by atoms with Gasteiger partial charge >= 0.3 is 0 Å². The van der Waals surface area contributed by atoms with Crippen LogP contribution < -0.4 is 4.74 Å². The number of thioether (sulfide) groups is 2. The summed E-state index contributed by atoms with van der Waals surface area (Å²) in [6.45, 7) is 28.8. The van der Waals surface area contributed by atoms with Crippen LogP contribution in [0.25, 0.3) is 0 Å². The molecule has 0 amide bonds. The van der Waals surface area contributed by atoms with Crippen LogP contribution >= 0.6 is 23.5 Å². The lowest BCUT2D eigenvalue weighted by Gasteiger charge is -2.26. The number of benzene rings is 3. The summed E-state index contributed by atoms with van der Waals surface area (Å²) in [5.74, 6) is 5.06. The van der Waals surface area contributed by atoms with Gasteiger partial charge in [-0.1, -0.05) is 106 Å². The Labute approximate surface area is 272 Å². The van der Waals surface area contributed by atoms with Crippen LogP contribution in [0.15, 0.2) is 36.4 Å². The lowest BCUT2D eigenvalue weighted by Crippen LogP contribution is -2.15. The smallest absolute Gasteiger partial charge is 0.127 e. The molecule has 0 N–H and O–H groups in total. The Morgan fingerprint density at radius 2 is 0.860 bits per heavy atom. The first kappa shape index (κ1) is 34.0. The summed E-state index contributed by atoms with van der Waals surface area (Å²) in [4.78, 5) is 0. The van der Waals surface area contributed by atoms with Gasteiger partial charge in [-0.3, -0.25) is 0 Å². The maximum Gasteiger partial charge on any atom is 0.127 e. The highest BCUT2D eigenvalue weighted by Gasteiger charge is 2.23. The first-order valence-corrected chi connectivity index (χ1v) is 18.5. The summed E-state index contributed by atoms with van der Waals surface area (Å²) in [6, 6.07) is 14.8. The molecule has 4 rings (SSSR count). The third kappa shape index (κ3) is 8.26. The van der Waals surface area contributed by atoms with E-state index in [0.29, 0.717) is 0 Å². The molecule has 0 saturated heterocycles. The Balaban J connectivity index is 1.93. The highest BCUT2D eigenvalue weighted by molar-refractivity contribution is 7.98. The maximum atomic E-state index is 6.57. The van der Waals surface area contributed by atoms with Crippen LogP contribution in [0, 0.1) is 13.8 Å². The van der Waals surface area contributed by atoms with E-state index in [4.69, 9.17) is 4.74 Å². The number of ether oxygens (including phenoxy) is 1. The lowest BCUT2D eigenvalue weighted by molar-refractivity contribution is 0.312. The molecule has 3 aromatic rings. The second-order valence-corrected chi connectivity index (χ2v) is 17.7. The fraction of sp³-hybridized carbons (Fsp3) is 0.550. The first-order chi connectivity index (χ1) is 20.0. The molecule has 0 fully saturated rings. The van der Waals surface area contributed by atoms with Gasteiger partial charge in [0.15, 0.2) is 0 Å². The topological polar surface area (TPSA) is 9.23 Å². The van der Waals surface area contributed by atoms with Crippen LogP contribution in [0.4, 0.5) is 0 Å². The van der Waals surface area contributed by atoms with Crippen molar-refractivity contribution in [2.75, 3.05) is 6.61 Å². The van der Waals surface area contributed by atoms with E-state index in [2.05, 4.69) is 119 Å². The molecule has 6 bridgehead atoms. The summed E-state index contributed by atoms with van der Waals surface area (Å²) in [6.07, 6.45) is 2.01. The van der Waals surface area contributed by atoms with Gasteiger partial charge in [0.2, 0.25) is 0 Å². The molecule has 0 aliphatic carbocycles. The second-order valence-electron chi connectivity index (χ2n) is 15.7. The van der Waals surface area contributed by atoms with Crippen LogP contribution in [0.1, 0.15) is 137 Å². The van der Waals surface area contributed by atoms with Gasteiger partial charge in [0.25, 0.3) is 0 Å². The predicted molar refractivity (Wildman–Crippen MR) is 193 cm³/mol. The van der Waals surface area contributed by atoms with Crippen LogP contribution in [-0.4, -0.2) is 6.61 Å². The van der Waals surface area contributed by atoms with Crippen molar-refractivity contribution in [3.05, 3.63) is 97.6 Å².